The molecule has 0 fully saturated rings. The van der Waals surface area contributed by atoms with E-state index < -0.39 is 0 Å². The maximum Gasteiger partial charge on any atom is 0.148 e. The van der Waals surface area contributed by atoms with E-state index in [4.69, 9.17) is 9.47 Å². The highest BCUT2D eigenvalue weighted by molar-refractivity contribution is 9.10. The fraction of sp³-hybridized carbons (Fsp3) is 0.214. The van der Waals surface area contributed by atoms with Gasteiger partial charge in [0.2, 0.25) is 0 Å². The van der Waals surface area contributed by atoms with E-state index >= 15 is 0 Å². The summed E-state index contributed by atoms with van der Waals surface area (Å²) in [6.45, 7) is 0.488. The highest BCUT2D eigenvalue weighted by Gasteiger charge is 2.13. The Hall–Kier alpha value is -1.39. The van der Waals surface area contributed by atoms with E-state index in [1.54, 1.807) is 19.5 Å². The molecule has 0 amide bonds. The molecule has 0 spiro atoms. The number of aromatic nitrogens is 1. The second-order valence-corrected chi connectivity index (χ2v) is 4.72. The van der Waals surface area contributed by atoms with E-state index in [9.17, 15) is 0 Å². The van der Waals surface area contributed by atoms with E-state index in [2.05, 4.69) is 20.9 Å². The average molecular weight is 308 g/mol. The van der Waals surface area contributed by atoms with E-state index in [0.717, 1.165) is 15.8 Å². The number of hydrogen-bond donors (Lipinski definition) is 0. The van der Waals surface area contributed by atoms with Crippen molar-refractivity contribution in [2.24, 2.45) is 0 Å². The summed E-state index contributed by atoms with van der Waals surface area (Å²) in [5.74, 6) is 0.809. The normalized spacial score (nSPS) is 12.1. The number of methoxy groups -OCH3 is 1. The molecule has 2 rings (SSSR count). The molecule has 1 aromatic heterocycles. The number of ether oxygens (including phenoxy) is 2. The van der Waals surface area contributed by atoms with Gasteiger partial charge in [-0.3, -0.25) is 4.98 Å². The van der Waals surface area contributed by atoms with Crippen molar-refractivity contribution in [3.63, 3.8) is 0 Å². The zero-order valence-corrected chi connectivity index (χ0v) is 11.6. The van der Waals surface area contributed by atoms with Gasteiger partial charge in [0.25, 0.3) is 0 Å². The van der Waals surface area contributed by atoms with E-state index in [0.29, 0.717) is 6.61 Å². The largest absolute Gasteiger partial charge is 0.483 e. The number of hydrogen-bond acceptors (Lipinski definition) is 3. The Kier molecular flexibility index (Phi) is 4.73. The first kappa shape index (κ1) is 13.1. The topological polar surface area (TPSA) is 31.4 Å². The van der Waals surface area contributed by atoms with Gasteiger partial charge in [0.05, 0.1) is 6.61 Å². The van der Waals surface area contributed by atoms with Gasteiger partial charge >= 0.3 is 0 Å². The summed E-state index contributed by atoms with van der Waals surface area (Å²) < 4.78 is 12.1. The molecule has 0 aliphatic rings. The zero-order chi connectivity index (χ0) is 12.8. The van der Waals surface area contributed by atoms with Crippen molar-refractivity contribution in [3.8, 4) is 5.75 Å². The van der Waals surface area contributed by atoms with Crippen molar-refractivity contribution in [2.75, 3.05) is 13.7 Å². The lowest BCUT2D eigenvalue weighted by atomic mass is 10.2. The van der Waals surface area contributed by atoms with Gasteiger partial charge in [0.15, 0.2) is 0 Å². The Balaban J connectivity index is 2.14. The Labute approximate surface area is 115 Å². The van der Waals surface area contributed by atoms with Gasteiger partial charge in [-0.1, -0.05) is 22.0 Å². The molecule has 18 heavy (non-hydrogen) atoms. The number of nitrogens with zero attached hydrogens (tertiary/aromatic N) is 1. The van der Waals surface area contributed by atoms with Crippen molar-refractivity contribution in [1.29, 1.82) is 0 Å². The monoisotopic (exact) mass is 307 g/mol. The van der Waals surface area contributed by atoms with E-state index in [-0.39, 0.29) is 6.10 Å². The first-order chi connectivity index (χ1) is 8.79. The molecule has 0 bridgehead atoms. The Bertz CT molecular complexity index is 473. The second-order valence-electron chi connectivity index (χ2n) is 3.80. The SMILES string of the molecule is COCC(Oc1ccc(Br)cc1)c1cccnc1. The number of pyridine rings is 1. The van der Waals surface area contributed by atoms with Crippen LogP contribution in [-0.4, -0.2) is 18.7 Å². The molecule has 0 saturated heterocycles. The molecule has 1 heterocycles. The van der Waals surface area contributed by atoms with Crippen molar-refractivity contribution in [3.05, 3.63) is 58.8 Å². The summed E-state index contributed by atoms with van der Waals surface area (Å²) in [7, 11) is 1.66. The second kappa shape index (κ2) is 6.52. The molecule has 0 radical (unpaired) electrons. The van der Waals surface area contributed by atoms with Crippen molar-refractivity contribution in [1.82, 2.24) is 4.98 Å². The summed E-state index contributed by atoms with van der Waals surface area (Å²) in [4.78, 5) is 4.10. The van der Waals surface area contributed by atoms with Gasteiger partial charge in [-0.25, -0.2) is 0 Å². The molecule has 0 saturated carbocycles. The van der Waals surface area contributed by atoms with Crippen LogP contribution >= 0.6 is 15.9 Å². The minimum atomic E-state index is -0.148. The number of benzene rings is 1. The molecule has 0 aliphatic heterocycles. The maximum absolute atomic E-state index is 5.91. The minimum absolute atomic E-state index is 0.148. The molecule has 3 nitrogen and oxygen atoms in total. The van der Waals surface area contributed by atoms with Crippen LogP contribution in [0.5, 0.6) is 5.75 Å². The van der Waals surface area contributed by atoms with Crippen molar-refractivity contribution < 1.29 is 9.47 Å². The van der Waals surface area contributed by atoms with Gasteiger partial charge in [0.1, 0.15) is 11.9 Å². The molecule has 1 atom stereocenters. The summed E-state index contributed by atoms with van der Waals surface area (Å²) >= 11 is 3.40. The highest BCUT2D eigenvalue weighted by atomic mass is 79.9. The van der Waals surface area contributed by atoms with E-state index in [1.807, 2.05) is 36.4 Å². The standard InChI is InChI=1S/C14H14BrNO2/c1-17-10-14(11-3-2-8-16-9-11)18-13-6-4-12(15)5-7-13/h2-9,14H,10H2,1H3. The van der Waals surface area contributed by atoms with Crippen LogP contribution < -0.4 is 4.74 Å². The third-order valence-corrected chi connectivity index (χ3v) is 2.99. The summed E-state index contributed by atoms with van der Waals surface area (Å²) in [6.07, 6.45) is 3.39. The van der Waals surface area contributed by atoms with Crippen LogP contribution in [0.3, 0.4) is 0 Å². The molecular formula is C14H14BrNO2. The third-order valence-electron chi connectivity index (χ3n) is 2.47. The van der Waals surface area contributed by atoms with Crippen LogP contribution in [-0.2, 0) is 4.74 Å². The third kappa shape index (κ3) is 3.55. The fourth-order valence-electron chi connectivity index (χ4n) is 1.59. The Morgan fingerprint density at radius 1 is 1.22 bits per heavy atom. The smallest absolute Gasteiger partial charge is 0.148 e. The van der Waals surface area contributed by atoms with Crippen LogP contribution in [0.15, 0.2) is 53.3 Å². The van der Waals surface area contributed by atoms with Gasteiger partial charge in [-0.15, -0.1) is 0 Å². The summed E-state index contributed by atoms with van der Waals surface area (Å²) in [5.41, 5.74) is 1.00. The molecule has 0 N–H and O–H groups in total. The summed E-state index contributed by atoms with van der Waals surface area (Å²) in [5, 5.41) is 0. The predicted molar refractivity (Wildman–Crippen MR) is 73.6 cm³/mol. The van der Waals surface area contributed by atoms with Gasteiger partial charge in [-0.2, -0.15) is 0 Å². The lowest BCUT2D eigenvalue weighted by Crippen LogP contribution is -2.13. The van der Waals surface area contributed by atoms with Crippen LogP contribution in [0, 0.1) is 0 Å². The van der Waals surface area contributed by atoms with Gasteiger partial charge in [-0.05, 0) is 30.3 Å². The molecular weight excluding hydrogens is 294 g/mol. The predicted octanol–water partition coefficient (Wildman–Crippen LogP) is 3.61. The molecule has 1 aromatic carbocycles. The first-order valence-corrected chi connectivity index (χ1v) is 6.40. The molecule has 1 unspecified atom stereocenters. The van der Waals surface area contributed by atoms with Crippen LogP contribution in [0.4, 0.5) is 0 Å². The Morgan fingerprint density at radius 2 is 2.00 bits per heavy atom. The van der Waals surface area contributed by atoms with Crippen molar-refractivity contribution in [2.45, 2.75) is 6.10 Å². The molecule has 94 valence electrons. The van der Waals surface area contributed by atoms with Gasteiger partial charge < -0.3 is 9.47 Å². The van der Waals surface area contributed by atoms with E-state index in [1.165, 1.54) is 0 Å². The van der Waals surface area contributed by atoms with Crippen LogP contribution in [0.2, 0.25) is 0 Å². The molecule has 2 aromatic rings. The quantitative estimate of drug-likeness (QED) is 0.845. The zero-order valence-electron chi connectivity index (χ0n) is 10.0. The number of halogens is 1. The van der Waals surface area contributed by atoms with Crippen LogP contribution in [0.25, 0.3) is 0 Å². The first-order valence-electron chi connectivity index (χ1n) is 5.60. The lowest BCUT2D eigenvalue weighted by molar-refractivity contribution is 0.0808. The average Bonchev–Trinajstić information content (AvgIpc) is 2.42. The van der Waals surface area contributed by atoms with Crippen LogP contribution in [0.1, 0.15) is 11.7 Å². The van der Waals surface area contributed by atoms with Gasteiger partial charge in [0, 0.05) is 29.5 Å². The Morgan fingerprint density at radius 3 is 2.61 bits per heavy atom. The summed E-state index contributed by atoms with van der Waals surface area (Å²) in [6, 6.07) is 11.6. The number of rotatable bonds is 5. The lowest BCUT2D eigenvalue weighted by Gasteiger charge is -2.18. The fourth-order valence-corrected chi connectivity index (χ4v) is 1.86. The molecule has 0 aliphatic carbocycles. The molecule has 4 heteroatoms. The minimum Gasteiger partial charge on any atom is -0.483 e. The maximum atomic E-state index is 5.91. The highest BCUT2D eigenvalue weighted by Crippen LogP contribution is 2.23. The van der Waals surface area contributed by atoms with Crippen molar-refractivity contribution >= 4 is 15.9 Å².